The first-order chi connectivity index (χ1) is 11.1. The molecule has 0 saturated carbocycles. The molecule has 5 nitrogen and oxygen atoms in total. The predicted molar refractivity (Wildman–Crippen MR) is 83.5 cm³/mol. The molecule has 0 aliphatic carbocycles. The maximum atomic E-state index is 13.1. The lowest BCUT2D eigenvalue weighted by Crippen LogP contribution is -2.15. The third-order valence-electron chi connectivity index (χ3n) is 2.87. The van der Waals surface area contributed by atoms with Crippen molar-refractivity contribution in [3.05, 3.63) is 71.7 Å². The van der Waals surface area contributed by atoms with Crippen LogP contribution < -0.4 is 10.6 Å². The number of nitrogens with zero attached hydrogens (tertiary/aromatic N) is 2. The molecule has 0 atom stereocenters. The minimum absolute atomic E-state index is 0.206. The maximum Gasteiger partial charge on any atom is 0.267 e. The van der Waals surface area contributed by atoms with Crippen LogP contribution in [0.1, 0.15) is 5.56 Å². The molecule has 2 rings (SSSR count). The number of nitriles is 2. The summed E-state index contributed by atoms with van der Waals surface area (Å²) >= 11 is 0. The van der Waals surface area contributed by atoms with E-state index in [0.29, 0.717) is 11.4 Å². The van der Waals surface area contributed by atoms with E-state index in [1.54, 1.807) is 36.4 Å². The Balaban J connectivity index is 2.14. The Morgan fingerprint density at radius 1 is 1.13 bits per heavy atom. The van der Waals surface area contributed by atoms with Gasteiger partial charge in [0.15, 0.2) is 0 Å². The molecule has 0 unspecified atom stereocenters. The highest BCUT2D eigenvalue weighted by Gasteiger charge is 2.11. The highest BCUT2D eigenvalue weighted by molar-refractivity contribution is 6.07. The number of carbonyl (C=O) groups is 1. The summed E-state index contributed by atoms with van der Waals surface area (Å²) in [5, 5.41) is 23.2. The first-order valence-corrected chi connectivity index (χ1v) is 6.57. The van der Waals surface area contributed by atoms with Gasteiger partial charge in [0.25, 0.3) is 5.91 Å². The normalized spacial score (nSPS) is 10.3. The zero-order chi connectivity index (χ0) is 16.7. The summed E-state index contributed by atoms with van der Waals surface area (Å²) in [5.74, 6) is -1.10. The fourth-order valence-corrected chi connectivity index (χ4v) is 1.76. The average Bonchev–Trinajstić information content (AvgIpc) is 2.56. The fraction of sp³-hybridized carbons (Fsp3) is 0. The molecule has 0 aliphatic heterocycles. The number of amides is 1. The van der Waals surface area contributed by atoms with Crippen molar-refractivity contribution in [1.82, 2.24) is 0 Å². The van der Waals surface area contributed by atoms with E-state index in [1.165, 1.54) is 24.4 Å². The molecule has 0 aromatic heterocycles. The summed E-state index contributed by atoms with van der Waals surface area (Å²) in [5.41, 5.74) is 0.799. The van der Waals surface area contributed by atoms with E-state index >= 15 is 0 Å². The summed E-state index contributed by atoms with van der Waals surface area (Å²) in [6.45, 7) is 0. The van der Waals surface area contributed by atoms with Gasteiger partial charge in [0.05, 0.1) is 11.3 Å². The Hall–Kier alpha value is -3.64. The summed E-state index contributed by atoms with van der Waals surface area (Å²) in [6.07, 6.45) is 1.18. The molecule has 0 bridgehead atoms. The van der Waals surface area contributed by atoms with Crippen molar-refractivity contribution >= 4 is 17.3 Å². The number of halogens is 1. The number of rotatable bonds is 4. The number of hydrogen-bond donors (Lipinski definition) is 2. The molecule has 2 N–H and O–H groups in total. The molecule has 0 aliphatic rings. The first kappa shape index (κ1) is 15.7. The Morgan fingerprint density at radius 3 is 2.61 bits per heavy atom. The van der Waals surface area contributed by atoms with Gasteiger partial charge in [-0.1, -0.05) is 18.2 Å². The third-order valence-corrected chi connectivity index (χ3v) is 2.87. The Bertz CT molecular complexity index is 846. The quantitative estimate of drug-likeness (QED) is 0.671. The van der Waals surface area contributed by atoms with Crippen LogP contribution in [0.25, 0.3) is 0 Å². The predicted octanol–water partition coefficient (Wildman–Crippen LogP) is 3.16. The smallest absolute Gasteiger partial charge is 0.267 e. The van der Waals surface area contributed by atoms with Gasteiger partial charge in [-0.25, -0.2) is 4.39 Å². The van der Waals surface area contributed by atoms with Gasteiger partial charge < -0.3 is 10.6 Å². The van der Waals surface area contributed by atoms with Gasteiger partial charge in [-0.05, 0) is 30.3 Å². The van der Waals surface area contributed by atoms with Crippen LogP contribution in [0, 0.1) is 28.5 Å². The zero-order valence-electron chi connectivity index (χ0n) is 11.9. The van der Waals surface area contributed by atoms with Crippen LogP contribution in [-0.2, 0) is 4.79 Å². The molecule has 6 heteroatoms. The van der Waals surface area contributed by atoms with E-state index in [4.69, 9.17) is 10.5 Å². The molecule has 112 valence electrons. The largest absolute Gasteiger partial charge is 0.360 e. The third kappa shape index (κ3) is 4.16. The van der Waals surface area contributed by atoms with Crippen molar-refractivity contribution in [2.75, 3.05) is 10.6 Å². The molecular weight excluding hydrogens is 295 g/mol. The standard InChI is InChI=1S/C17H11FN4O/c18-14-5-3-6-15(8-14)21-11-13(10-20)17(23)22-16-7-2-1-4-12(16)9-19/h1-8,11,21H,(H,22,23)/b13-11-. The molecule has 0 radical (unpaired) electrons. The van der Waals surface area contributed by atoms with Crippen molar-refractivity contribution in [2.45, 2.75) is 0 Å². The lowest BCUT2D eigenvalue weighted by Gasteiger charge is -2.06. The number of nitrogens with one attached hydrogen (secondary N) is 2. The van der Waals surface area contributed by atoms with E-state index in [0.717, 1.165) is 0 Å². The van der Waals surface area contributed by atoms with Crippen LogP contribution >= 0.6 is 0 Å². The molecular formula is C17H11FN4O. The number of carbonyl (C=O) groups excluding carboxylic acids is 1. The van der Waals surface area contributed by atoms with Gasteiger partial charge >= 0.3 is 0 Å². The Morgan fingerprint density at radius 2 is 1.91 bits per heavy atom. The number of anilines is 2. The lowest BCUT2D eigenvalue weighted by atomic mass is 10.2. The maximum absolute atomic E-state index is 13.1. The molecule has 2 aromatic carbocycles. The Labute approximate surface area is 132 Å². The van der Waals surface area contributed by atoms with Gasteiger partial charge in [-0.2, -0.15) is 10.5 Å². The van der Waals surface area contributed by atoms with Gasteiger partial charge in [0.2, 0.25) is 0 Å². The fourth-order valence-electron chi connectivity index (χ4n) is 1.76. The highest BCUT2D eigenvalue weighted by Crippen LogP contribution is 2.15. The SMILES string of the molecule is N#C/C(=C/Nc1cccc(F)c1)C(=O)Nc1ccccc1C#N. The van der Waals surface area contributed by atoms with Gasteiger partial charge in [0.1, 0.15) is 23.5 Å². The van der Waals surface area contributed by atoms with Crippen LogP contribution in [0.2, 0.25) is 0 Å². The minimum Gasteiger partial charge on any atom is -0.360 e. The van der Waals surface area contributed by atoms with Gasteiger partial charge in [0, 0.05) is 11.9 Å². The first-order valence-electron chi connectivity index (χ1n) is 6.57. The second-order valence-electron chi connectivity index (χ2n) is 4.44. The van der Waals surface area contributed by atoms with Crippen LogP contribution in [0.4, 0.5) is 15.8 Å². The van der Waals surface area contributed by atoms with Crippen LogP contribution in [0.5, 0.6) is 0 Å². The van der Waals surface area contributed by atoms with E-state index in [-0.39, 0.29) is 11.1 Å². The molecule has 23 heavy (non-hydrogen) atoms. The number of benzene rings is 2. The number of hydrogen-bond acceptors (Lipinski definition) is 4. The van der Waals surface area contributed by atoms with Crippen molar-refractivity contribution in [3.63, 3.8) is 0 Å². The number of para-hydroxylation sites is 1. The second kappa shape index (κ2) is 7.39. The van der Waals surface area contributed by atoms with Crippen molar-refractivity contribution < 1.29 is 9.18 Å². The van der Waals surface area contributed by atoms with Crippen LogP contribution in [0.15, 0.2) is 60.3 Å². The Kier molecular flexibility index (Phi) is 5.06. The van der Waals surface area contributed by atoms with E-state index < -0.39 is 11.7 Å². The molecule has 1 amide bonds. The van der Waals surface area contributed by atoms with Crippen molar-refractivity contribution in [2.24, 2.45) is 0 Å². The topological polar surface area (TPSA) is 88.7 Å². The van der Waals surface area contributed by atoms with Crippen LogP contribution in [0.3, 0.4) is 0 Å². The highest BCUT2D eigenvalue weighted by atomic mass is 19.1. The molecule has 0 heterocycles. The van der Waals surface area contributed by atoms with Crippen molar-refractivity contribution in [3.8, 4) is 12.1 Å². The van der Waals surface area contributed by atoms with Crippen molar-refractivity contribution in [1.29, 1.82) is 10.5 Å². The summed E-state index contributed by atoms with van der Waals surface area (Å²) in [6, 6.07) is 15.8. The van der Waals surface area contributed by atoms with E-state index in [9.17, 15) is 9.18 Å². The van der Waals surface area contributed by atoms with Gasteiger partial charge in [-0.15, -0.1) is 0 Å². The zero-order valence-corrected chi connectivity index (χ0v) is 11.9. The summed E-state index contributed by atoms with van der Waals surface area (Å²) < 4.78 is 13.1. The molecule has 0 saturated heterocycles. The second-order valence-corrected chi connectivity index (χ2v) is 4.44. The summed E-state index contributed by atoms with van der Waals surface area (Å²) in [4.78, 5) is 12.1. The average molecular weight is 306 g/mol. The molecule has 0 fully saturated rings. The molecule has 2 aromatic rings. The minimum atomic E-state index is -0.667. The lowest BCUT2D eigenvalue weighted by molar-refractivity contribution is -0.112. The van der Waals surface area contributed by atoms with Crippen LogP contribution in [-0.4, -0.2) is 5.91 Å². The monoisotopic (exact) mass is 306 g/mol. The van der Waals surface area contributed by atoms with Gasteiger partial charge in [-0.3, -0.25) is 4.79 Å². The molecule has 0 spiro atoms. The summed E-state index contributed by atoms with van der Waals surface area (Å²) in [7, 11) is 0. The van der Waals surface area contributed by atoms with E-state index in [2.05, 4.69) is 10.6 Å². The van der Waals surface area contributed by atoms with E-state index in [1.807, 2.05) is 6.07 Å².